The molecule has 0 N–H and O–H groups in total. The minimum absolute atomic E-state index is 0.460. The Balaban J connectivity index is 1.31. The van der Waals surface area contributed by atoms with Crippen LogP contribution in [-0.2, 0) is 0 Å². The molecule has 0 radical (unpaired) electrons. The summed E-state index contributed by atoms with van der Waals surface area (Å²) in [6.07, 6.45) is 0. The molecule has 0 spiro atoms. The van der Waals surface area contributed by atoms with E-state index in [1.54, 1.807) is 18.2 Å². The Morgan fingerprint density at radius 3 is 1.63 bits per heavy atom. The fraction of sp³-hybridized carbons (Fsp3) is 0. The molecule has 0 unspecified atom stereocenters. The van der Waals surface area contributed by atoms with Crippen molar-refractivity contribution in [1.29, 1.82) is 10.5 Å². The summed E-state index contributed by atoms with van der Waals surface area (Å²) in [5.41, 5.74) is 9.06. The van der Waals surface area contributed by atoms with Gasteiger partial charge < -0.3 is 4.57 Å². The molecular weight excluding hydrogens is 663 g/mol. The molecule has 0 amide bonds. The van der Waals surface area contributed by atoms with E-state index in [2.05, 4.69) is 94.1 Å². The lowest BCUT2D eigenvalue weighted by atomic mass is 9.95. The van der Waals surface area contributed by atoms with Gasteiger partial charge in [0.1, 0.15) is 0 Å². The van der Waals surface area contributed by atoms with Gasteiger partial charge in [0.05, 0.1) is 45.3 Å². The van der Waals surface area contributed by atoms with Gasteiger partial charge in [-0.15, -0.1) is 0 Å². The molecule has 54 heavy (non-hydrogen) atoms. The summed E-state index contributed by atoms with van der Waals surface area (Å²) >= 11 is 0. The topological polar surface area (TPSA) is 96.1 Å². The Morgan fingerprint density at radius 2 is 0.981 bits per heavy atom. The molecule has 0 atom stereocenters. The molecule has 0 bridgehead atoms. The van der Waals surface area contributed by atoms with Gasteiger partial charge in [0.15, 0.2) is 11.6 Å². The highest BCUT2D eigenvalue weighted by atomic mass is 15.2. The van der Waals surface area contributed by atoms with Crippen molar-refractivity contribution in [2.75, 3.05) is 0 Å². The lowest BCUT2D eigenvalue weighted by Crippen LogP contribution is -2.06. The fourth-order valence-electron chi connectivity index (χ4n) is 7.74. The number of hydrogen-bond donors (Lipinski definition) is 0. The Kier molecular flexibility index (Phi) is 7.11. The van der Waals surface area contributed by atoms with Gasteiger partial charge in [0.2, 0.25) is 5.95 Å². The average Bonchev–Trinajstić information content (AvgIpc) is 3.77. The second kappa shape index (κ2) is 12.4. The Hall–Kier alpha value is -7.87. The molecule has 10 aromatic rings. The number of rotatable bonds is 5. The molecule has 0 saturated carbocycles. The first-order valence-corrected chi connectivity index (χ1v) is 17.6. The van der Waals surface area contributed by atoms with Crippen LogP contribution in [0.1, 0.15) is 11.1 Å². The van der Waals surface area contributed by atoms with Crippen molar-refractivity contribution in [3.8, 4) is 57.7 Å². The molecule has 10 rings (SSSR count). The number of hydrogen-bond acceptors (Lipinski definition) is 5. The first-order chi connectivity index (χ1) is 26.7. The van der Waals surface area contributed by atoms with Gasteiger partial charge >= 0.3 is 0 Å². The summed E-state index contributed by atoms with van der Waals surface area (Å²) in [7, 11) is 0. The van der Waals surface area contributed by atoms with Crippen molar-refractivity contribution < 1.29 is 0 Å². The average molecular weight is 690 g/mol. The lowest BCUT2D eigenvalue weighted by molar-refractivity contribution is 0.955. The van der Waals surface area contributed by atoms with Gasteiger partial charge in [-0.1, -0.05) is 121 Å². The monoisotopic (exact) mass is 689 g/mol. The number of benzene rings is 7. The smallest absolute Gasteiger partial charge is 0.238 e. The summed E-state index contributed by atoms with van der Waals surface area (Å²) in [5, 5.41) is 24.3. The van der Waals surface area contributed by atoms with Gasteiger partial charge in [-0.2, -0.15) is 20.5 Å². The molecule has 7 nitrogen and oxygen atoms in total. The Morgan fingerprint density at radius 1 is 0.426 bits per heavy atom. The van der Waals surface area contributed by atoms with E-state index in [1.807, 2.05) is 72.8 Å². The number of aromatic nitrogens is 5. The molecule has 0 aliphatic carbocycles. The standard InChI is InChI=1S/C47H27N7/c48-28-33-18-11-19-34(29-49)42(33)32-17-12-20-35(27-32)53-40-24-10-8-22-38(40)43-41(53)26-25-37-36-21-7-9-23-39(36)54(44(37)43)47-51-45(30-13-3-1-4-14-30)50-46(52-47)31-15-5-2-6-16-31/h1-27H. The molecule has 7 heteroatoms. The van der Waals surface area contributed by atoms with Gasteiger partial charge in [-0.3, -0.25) is 4.57 Å². The Labute approximate surface area is 309 Å². The van der Waals surface area contributed by atoms with Crippen molar-refractivity contribution in [3.05, 3.63) is 175 Å². The van der Waals surface area contributed by atoms with Gasteiger partial charge in [-0.05, 0) is 48.0 Å². The predicted molar refractivity (Wildman–Crippen MR) is 214 cm³/mol. The van der Waals surface area contributed by atoms with E-state index >= 15 is 0 Å². The predicted octanol–water partition coefficient (Wildman–Crippen LogP) is 10.8. The van der Waals surface area contributed by atoms with E-state index in [9.17, 15) is 10.5 Å². The van der Waals surface area contributed by atoms with E-state index < -0.39 is 0 Å². The van der Waals surface area contributed by atoms with E-state index in [0.717, 1.165) is 66.0 Å². The van der Waals surface area contributed by atoms with E-state index in [4.69, 9.17) is 15.0 Å². The second-order valence-corrected chi connectivity index (χ2v) is 13.1. The molecule has 3 heterocycles. The maximum Gasteiger partial charge on any atom is 0.238 e. The largest absolute Gasteiger partial charge is 0.309 e. The molecule has 0 aliphatic rings. The molecule has 3 aromatic heterocycles. The minimum atomic E-state index is 0.460. The van der Waals surface area contributed by atoms with Crippen molar-refractivity contribution in [2.45, 2.75) is 0 Å². The van der Waals surface area contributed by atoms with Crippen LogP contribution in [0, 0.1) is 22.7 Å². The van der Waals surface area contributed by atoms with E-state index in [-0.39, 0.29) is 0 Å². The quantitative estimate of drug-likeness (QED) is 0.179. The van der Waals surface area contributed by atoms with Crippen molar-refractivity contribution in [3.63, 3.8) is 0 Å². The highest BCUT2D eigenvalue weighted by Gasteiger charge is 2.23. The molecule has 250 valence electrons. The molecular formula is C47H27N7. The zero-order chi connectivity index (χ0) is 36.2. The maximum atomic E-state index is 10.00. The van der Waals surface area contributed by atoms with Crippen molar-refractivity contribution >= 4 is 43.6 Å². The minimum Gasteiger partial charge on any atom is -0.309 e. The number of fused-ring (bicyclic) bond motifs is 7. The first kappa shape index (κ1) is 30.9. The lowest BCUT2D eigenvalue weighted by Gasteiger charge is -2.13. The van der Waals surface area contributed by atoms with Crippen LogP contribution in [0.2, 0.25) is 0 Å². The molecule has 0 aliphatic heterocycles. The highest BCUT2D eigenvalue weighted by Crippen LogP contribution is 2.42. The number of nitriles is 2. The van der Waals surface area contributed by atoms with Gasteiger partial charge in [-0.25, -0.2) is 4.98 Å². The summed E-state index contributed by atoms with van der Waals surface area (Å²) in [4.78, 5) is 15.3. The van der Waals surface area contributed by atoms with Gasteiger partial charge in [0, 0.05) is 43.9 Å². The van der Waals surface area contributed by atoms with E-state index in [0.29, 0.717) is 34.3 Å². The zero-order valence-corrected chi connectivity index (χ0v) is 28.7. The molecule has 0 fully saturated rings. The zero-order valence-electron chi connectivity index (χ0n) is 28.7. The highest BCUT2D eigenvalue weighted by molar-refractivity contribution is 6.26. The SMILES string of the molecule is N#Cc1cccc(C#N)c1-c1cccc(-n2c3ccccc3c3c2ccc2c4ccccc4n(-c4nc(-c5ccccc5)nc(-c5ccccc5)n4)c23)c1. The van der Waals surface area contributed by atoms with Crippen LogP contribution < -0.4 is 0 Å². The summed E-state index contributed by atoms with van der Waals surface area (Å²) in [6.45, 7) is 0. The van der Waals surface area contributed by atoms with Crippen LogP contribution in [0.15, 0.2) is 164 Å². The fourth-order valence-corrected chi connectivity index (χ4v) is 7.74. The van der Waals surface area contributed by atoms with Crippen molar-refractivity contribution in [2.24, 2.45) is 0 Å². The third-order valence-electron chi connectivity index (χ3n) is 10.1. The Bertz CT molecular complexity index is 3090. The van der Waals surface area contributed by atoms with Crippen LogP contribution in [-0.4, -0.2) is 24.1 Å². The normalized spacial score (nSPS) is 11.3. The van der Waals surface area contributed by atoms with Crippen LogP contribution in [0.3, 0.4) is 0 Å². The van der Waals surface area contributed by atoms with Crippen LogP contribution in [0.5, 0.6) is 0 Å². The summed E-state index contributed by atoms with van der Waals surface area (Å²) in [6, 6.07) is 59.1. The van der Waals surface area contributed by atoms with Gasteiger partial charge in [0.25, 0.3) is 0 Å². The van der Waals surface area contributed by atoms with E-state index in [1.165, 1.54) is 0 Å². The first-order valence-electron chi connectivity index (χ1n) is 17.6. The van der Waals surface area contributed by atoms with Crippen LogP contribution >= 0.6 is 0 Å². The molecule has 0 saturated heterocycles. The third-order valence-corrected chi connectivity index (χ3v) is 10.1. The maximum absolute atomic E-state index is 10.00. The second-order valence-electron chi connectivity index (χ2n) is 13.1. The van der Waals surface area contributed by atoms with Crippen LogP contribution in [0.25, 0.3) is 89.2 Å². The number of para-hydroxylation sites is 2. The summed E-state index contributed by atoms with van der Waals surface area (Å²) < 4.78 is 4.44. The number of nitrogens with zero attached hydrogens (tertiary/aromatic N) is 7. The van der Waals surface area contributed by atoms with Crippen molar-refractivity contribution in [1.82, 2.24) is 24.1 Å². The summed E-state index contributed by atoms with van der Waals surface area (Å²) in [5.74, 6) is 1.70. The third kappa shape index (κ3) is 4.77. The van der Waals surface area contributed by atoms with Crippen LogP contribution in [0.4, 0.5) is 0 Å². The molecule has 7 aromatic carbocycles.